The van der Waals surface area contributed by atoms with Gasteiger partial charge in [0.2, 0.25) is 6.41 Å². The van der Waals surface area contributed by atoms with E-state index in [0.29, 0.717) is 10.6 Å². The third-order valence-corrected chi connectivity index (χ3v) is 4.97. The van der Waals surface area contributed by atoms with Gasteiger partial charge < -0.3 is 14.9 Å². The monoisotopic (exact) mass is 348 g/mol. The molecule has 0 saturated carbocycles. The molecule has 1 fully saturated rings. The fourth-order valence-corrected chi connectivity index (χ4v) is 3.50. The highest BCUT2D eigenvalue weighted by molar-refractivity contribution is 7.15. The van der Waals surface area contributed by atoms with Crippen LogP contribution >= 0.6 is 11.3 Å². The van der Waals surface area contributed by atoms with Crippen LogP contribution in [0.3, 0.4) is 0 Å². The maximum Gasteiger partial charge on any atom is 0.348 e. The van der Waals surface area contributed by atoms with Crippen molar-refractivity contribution in [3.63, 3.8) is 0 Å². The average Bonchev–Trinajstić information content (AvgIpc) is 2.92. The Kier molecular flexibility index (Phi) is 5.68. The van der Waals surface area contributed by atoms with Gasteiger partial charge in [-0.2, -0.15) is 0 Å². The van der Waals surface area contributed by atoms with Crippen molar-refractivity contribution in [2.45, 2.75) is 39.7 Å². The van der Waals surface area contributed by atoms with Crippen LogP contribution in [-0.4, -0.2) is 48.6 Å². The number of hydrogen-bond acceptors (Lipinski definition) is 4. The minimum Gasteiger partial charge on any atom is -0.477 e. The van der Waals surface area contributed by atoms with Gasteiger partial charge in [-0.25, -0.2) is 4.79 Å². The first-order valence-electron chi connectivity index (χ1n) is 8.04. The number of carbonyl (C=O) groups excluding carboxylic acids is 1. The number of nitrogens with zero attached hydrogens (tertiary/aromatic N) is 2. The average molecular weight is 348 g/mol. The van der Waals surface area contributed by atoms with Crippen molar-refractivity contribution in [1.29, 1.82) is 0 Å². The van der Waals surface area contributed by atoms with E-state index in [0.717, 1.165) is 43.7 Å². The highest BCUT2D eigenvalue weighted by Gasteiger charge is 2.28. The van der Waals surface area contributed by atoms with Gasteiger partial charge in [0.05, 0.1) is 10.6 Å². The molecule has 6 heteroatoms. The molecule has 0 aromatic carbocycles. The number of thiophene rings is 1. The molecular weight excluding hydrogens is 324 g/mol. The lowest BCUT2D eigenvalue weighted by Gasteiger charge is -2.34. The summed E-state index contributed by atoms with van der Waals surface area (Å²) in [5, 5.41) is 9.50. The van der Waals surface area contributed by atoms with E-state index < -0.39 is 5.97 Å². The van der Waals surface area contributed by atoms with Crippen molar-refractivity contribution >= 4 is 29.4 Å². The molecule has 0 unspecified atom stereocenters. The number of carboxylic acids is 1. The molecule has 1 N–H and O–H groups in total. The summed E-state index contributed by atoms with van der Waals surface area (Å²) in [4.78, 5) is 27.9. The zero-order chi connectivity index (χ0) is 17.9. The lowest BCUT2D eigenvalue weighted by Crippen LogP contribution is -2.43. The Hall–Kier alpha value is -1.84. The van der Waals surface area contributed by atoms with Gasteiger partial charge in [0.15, 0.2) is 0 Å². The molecule has 0 aliphatic carbocycles. The zero-order valence-corrected chi connectivity index (χ0v) is 15.4. The Bertz CT molecular complexity index is 671. The van der Waals surface area contributed by atoms with E-state index in [1.165, 1.54) is 0 Å². The summed E-state index contributed by atoms with van der Waals surface area (Å²) in [6.07, 6.45) is 2.44. The number of anilines is 1. The summed E-state index contributed by atoms with van der Waals surface area (Å²) in [6.45, 7) is 7.81. The maximum absolute atomic E-state index is 11.7. The standard InChI is InChI=1S/C18H24N2O3S/c1-18(2,3)8-5-14-11-15(16(24-14)17(22)23)20(12-21)13-6-9-19(4)10-7-13/h11-13H,6-7,9-10H2,1-4H3,(H,22,23). The van der Waals surface area contributed by atoms with Crippen LogP contribution in [0.5, 0.6) is 0 Å². The van der Waals surface area contributed by atoms with Crippen molar-refractivity contribution < 1.29 is 14.7 Å². The maximum atomic E-state index is 11.7. The van der Waals surface area contributed by atoms with Crippen LogP contribution in [0.15, 0.2) is 6.07 Å². The Morgan fingerprint density at radius 1 is 1.42 bits per heavy atom. The number of rotatable bonds is 4. The summed E-state index contributed by atoms with van der Waals surface area (Å²) >= 11 is 1.13. The van der Waals surface area contributed by atoms with Crippen molar-refractivity contribution in [1.82, 2.24) is 4.90 Å². The van der Waals surface area contributed by atoms with Gasteiger partial charge in [-0.15, -0.1) is 11.3 Å². The molecule has 5 nitrogen and oxygen atoms in total. The normalized spacial score (nSPS) is 16.3. The van der Waals surface area contributed by atoms with Crippen LogP contribution < -0.4 is 4.90 Å². The minimum atomic E-state index is -1.02. The molecule has 0 spiro atoms. The van der Waals surface area contributed by atoms with Gasteiger partial charge in [0.25, 0.3) is 0 Å². The first-order chi connectivity index (χ1) is 11.2. The molecule has 24 heavy (non-hydrogen) atoms. The quantitative estimate of drug-likeness (QED) is 0.671. The molecular formula is C18H24N2O3S. The molecule has 0 radical (unpaired) electrons. The fraction of sp³-hybridized carbons (Fsp3) is 0.556. The van der Waals surface area contributed by atoms with Gasteiger partial charge in [0, 0.05) is 11.5 Å². The summed E-state index contributed by atoms with van der Waals surface area (Å²) in [5.41, 5.74) is 0.307. The third kappa shape index (κ3) is 4.59. The Balaban J connectivity index is 2.35. The van der Waals surface area contributed by atoms with Crippen LogP contribution in [0.4, 0.5) is 5.69 Å². The molecule has 1 aromatic heterocycles. The number of piperidine rings is 1. The van der Waals surface area contributed by atoms with Gasteiger partial charge in [-0.05, 0) is 59.8 Å². The van der Waals surface area contributed by atoms with Crippen molar-refractivity contribution in [2.75, 3.05) is 25.0 Å². The second-order valence-electron chi connectivity index (χ2n) is 7.18. The molecule has 130 valence electrons. The topological polar surface area (TPSA) is 60.9 Å². The minimum absolute atomic E-state index is 0.0369. The van der Waals surface area contributed by atoms with E-state index in [4.69, 9.17) is 0 Å². The predicted molar refractivity (Wildman–Crippen MR) is 96.7 cm³/mol. The first kappa shape index (κ1) is 18.5. The second-order valence-corrected chi connectivity index (χ2v) is 8.23. The predicted octanol–water partition coefficient (Wildman–Crippen LogP) is 2.90. The molecule has 1 aromatic rings. The van der Waals surface area contributed by atoms with Crippen LogP contribution in [0.25, 0.3) is 0 Å². The molecule has 1 aliphatic heterocycles. The molecule has 2 heterocycles. The largest absolute Gasteiger partial charge is 0.477 e. The molecule has 1 aliphatic rings. The third-order valence-electron chi connectivity index (χ3n) is 3.94. The lowest BCUT2D eigenvalue weighted by atomic mass is 9.98. The smallest absolute Gasteiger partial charge is 0.348 e. The van der Waals surface area contributed by atoms with Crippen LogP contribution in [-0.2, 0) is 4.79 Å². The van der Waals surface area contributed by atoms with Crippen LogP contribution in [0, 0.1) is 17.3 Å². The number of amides is 1. The van der Waals surface area contributed by atoms with Gasteiger partial charge >= 0.3 is 5.97 Å². The summed E-state index contributed by atoms with van der Waals surface area (Å²) in [6, 6.07) is 1.77. The highest BCUT2D eigenvalue weighted by Crippen LogP contribution is 2.33. The van der Waals surface area contributed by atoms with E-state index >= 15 is 0 Å². The van der Waals surface area contributed by atoms with Gasteiger partial charge in [0.1, 0.15) is 4.88 Å². The van der Waals surface area contributed by atoms with E-state index in [-0.39, 0.29) is 16.3 Å². The summed E-state index contributed by atoms with van der Waals surface area (Å²) in [5.74, 6) is 5.14. The molecule has 1 saturated heterocycles. The number of carbonyl (C=O) groups is 2. The molecule has 0 atom stereocenters. The first-order valence-corrected chi connectivity index (χ1v) is 8.85. The van der Waals surface area contributed by atoms with Crippen LogP contribution in [0.2, 0.25) is 0 Å². The van der Waals surface area contributed by atoms with E-state index in [1.54, 1.807) is 11.0 Å². The summed E-state index contributed by atoms with van der Waals surface area (Å²) in [7, 11) is 2.05. The SMILES string of the molecule is CN1CCC(N(C=O)c2cc(C#CC(C)(C)C)sc2C(=O)O)CC1. The zero-order valence-electron chi connectivity index (χ0n) is 14.6. The highest BCUT2D eigenvalue weighted by atomic mass is 32.1. The number of likely N-dealkylation sites (tertiary alicyclic amines) is 1. The molecule has 1 amide bonds. The van der Waals surface area contributed by atoms with Crippen LogP contribution in [0.1, 0.15) is 48.2 Å². The number of aromatic carboxylic acids is 1. The number of hydrogen-bond donors (Lipinski definition) is 1. The van der Waals surface area contributed by atoms with Gasteiger partial charge in [-0.3, -0.25) is 4.79 Å². The van der Waals surface area contributed by atoms with E-state index in [2.05, 4.69) is 23.8 Å². The van der Waals surface area contributed by atoms with Gasteiger partial charge in [-0.1, -0.05) is 11.8 Å². The Morgan fingerprint density at radius 3 is 2.54 bits per heavy atom. The van der Waals surface area contributed by atoms with E-state index in [1.807, 2.05) is 20.8 Å². The van der Waals surface area contributed by atoms with Crippen molar-refractivity contribution in [3.05, 3.63) is 15.8 Å². The van der Waals surface area contributed by atoms with Crippen molar-refractivity contribution in [3.8, 4) is 11.8 Å². The molecule has 0 bridgehead atoms. The number of carboxylic acid groups (broad SMARTS) is 1. The Labute approximate surface area is 147 Å². The van der Waals surface area contributed by atoms with Crippen molar-refractivity contribution in [2.24, 2.45) is 5.41 Å². The molecule has 2 rings (SSSR count). The summed E-state index contributed by atoms with van der Waals surface area (Å²) < 4.78 is 0. The fourth-order valence-electron chi connectivity index (χ4n) is 2.65. The van der Waals surface area contributed by atoms with E-state index in [9.17, 15) is 14.7 Å². The lowest BCUT2D eigenvalue weighted by molar-refractivity contribution is -0.108. The second kappa shape index (κ2) is 7.37. The Morgan fingerprint density at radius 2 is 2.04 bits per heavy atom.